The first kappa shape index (κ1) is 18.2. The lowest BCUT2D eigenvalue weighted by Gasteiger charge is -2.23. The number of hydrogen-bond acceptors (Lipinski definition) is 4. The topological polar surface area (TPSA) is 52.6 Å². The van der Waals surface area contributed by atoms with Gasteiger partial charge < -0.3 is 9.47 Å². The number of rotatable bonds is 6. The zero-order valence-corrected chi connectivity index (χ0v) is 14.1. The predicted octanol–water partition coefficient (Wildman–Crippen LogP) is 4.09. The Hall–Kier alpha value is -1.84. The summed E-state index contributed by atoms with van der Waals surface area (Å²) in [5, 5.41) is 0. The normalized spacial score (nSPS) is 12.6. The summed E-state index contributed by atoms with van der Waals surface area (Å²) in [5.41, 5.74) is 0.747. The molecule has 0 saturated carbocycles. The molecule has 4 heteroatoms. The third kappa shape index (κ3) is 5.88. The molecule has 0 radical (unpaired) electrons. The molecular formula is C18H26O4. The standard InChI is InChI=1S/C18H26O4/c1-13(12-18(2,3)4)10-11-22-17(20)15-9-7-6-8-14(15)16(19)21-5/h6-9,13H,10-12H2,1-5H3. The number of ether oxygens (including phenoxy) is 2. The van der Waals surface area contributed by atoms with Crippen molar-refractivity contribution in [3.63, 3.8) is 0 Å². The van der Waals surface area contributed by atoms with E-state index in [-0.39, 0.29) is 16.5 Å². The summed E-state index contributed by atoms with van der Waals surface area (Å²) in [7, 11) is 1.29. The minimum atomic E-state index is -0.534. The molecule has 122 valence electrons. The van der Waals surface area contributed by atoms with E-state index < -0.39 is 11.9 Å². The number of carbonyl (C=O) groups excluding carboxylic acids is 2. The Morgan fingerprint density at radius 2 is 1.64 bits per heavy atom. The Morgan fingerprint density at radius 1 is 1.09 bits per heavy atom. The average molecular weight is 306 g/mol. The molecule has 0 bridgehead atoms. The highest BCUT2D eigenvalue weighted by molar-refractivity contribution is 6.03. The molecule has 0 amide bonds. The van der Waals surface area contributed by atoms with Crippen LogP contribution in [-0.2, 0) is 9.47 Å². The fraction of sp³-hybridized carbons (Fsp3) is 0.556. The molecule has 1 atom stereocenters. The van der Waals surface area contributed by atoms with Gasteiger partial charge in [-0.05, 0) is 36.3 Å². The summed E-state index contributed by atoms with van der Waals surface area (Å²) in [5.74, 6) is -0.540. The minimum Gasteiger partial charge on any atom is -0.465 e. The van der Waals surface area contributed by atoms with Crippen LogP contribution in [0.5, 0.6) is 0 Å². The van der Waals surface area contributed by atoms with E-state index in [4.69, 9.17) is 4.74 Å². The van der Waals surface area contributed by atoms with Crippen molar-refractivity contribution in [1.82, 2.24) is 0 Å². The highest BCUT2D eigenvalue weighted by atomic mass is 16.5. The fourth-order valence-corrected chi connectivity index (χ4v) is 2.53. The van der Waals surface area contributed by atoms with Crippen molar-refractivity contribution in [3.05, 3.63) is 35.4 Å². The first-order valence-corrected chi connectivity index (χ1v) is 7.59. The third-order valence-corrected chi connectivity index (χ3v) is 3.36. The van der Waals surface area contributed by atoms with Gasteiger partial charge in [0.25, 0.3) is 0 Å². The molecule has 22 heavy (non-hydrogen) atoms. The van der Waals surface area contributed by atoms with Crippen molar-refractivity contribution in [1.29, 1.82) is 0 Å². The van der Waals surface area contributed by atoms with Crippen LogP contribution in [0.1, 0.15) is 61.3 Å². The second-order valence-electron chi connectivity index (χ2n) is 6.83. The first-order valence-electron chi connectivity index (χ1n) is 7.59. The molecule has 0 spiro atoms. The Bertz CT molecular complexity index is 514. The average Bonchev–Trinajstić information content (AvgIpc) is 2.44. The van der Waals surface area contributed by atoms with Crippen molar-refractivity contribution in [2.24, 2.45) is 11.3 Å². The molecule has 0 aromatic heterocycles. The monoisotopic (exact) mass is 306 g/mol. The zero-order valence-electron chi connectivity index (χ0n) is 14.1. The van der Waals surface area contributed by atoms with Gasteiger partial charge in [-0.2, -0.15) is 0 Å². The van der Waals surface area contributed by atoms with Gasteiger partial charge in [-0.15, -0.1) is 0 Å². The quantitative estimate of drug-likeness (QED) is 0.743. The number of carbonyl (C=O) groups is 2. The van der Waals surface area contributed by atoms with Crippen LogP contribution in [0, 0.1) is 11.3 Å². The van der Waals surface area contributed by atoms with Crippen molar-refractivity contribution < 1.29 is 19.1 Å². The molecule has 1 unspecified atom stereocenters. The van der Waals surface area contributed by atoms with Crippen LogP contribution in [0.4, 0.5) is 0 Å². The minimum absolute atomic E-state index is 0.234. The summed E-state index contributed by atoms with van der Waals surface area (Å²) < 4.78 is 9.98. The summed E-state index contributed by atoms with van der Waals surface area (Å²) in [6.45, 7) is 9.10. The van der Waals surface area contributed by atoms with Crippen molar-refractivity contribution in [3.8, 4) is 0 Å². The Balaban J connectivity index is 2.58. The molecular weight excluding hydrogens is 280 g/mol. The maximum Gasteiger partial charge on any atom is 0.339 e. The second-order valence-corrected chi connectivity index (χ2v) is 6.83. The molecule has 1 rings (SSSR count). The molecule has 1 aromatic carbocycles. The second kappa shape index (κ2) is 7.97. The Morgan fingerprint density at radius 3 is 2.14 bits per heavy atom. The smallest absolute Gasteiger partial charge is 0.339 e. The van der Waals surface area contributed by atoms with Gasteiger partial charge in [0.1, 0.15) is 0 Å². The van der Waals surface area contributed by atoms with Crippen LogP contribution >= 0.6 is 0 Å². The number of esters is 2. The molecule has 1 aromatic rings. The van der Waals surface area contributed by atoms with Crippen LogP contribution in [0.15, 0.2) is 24.3 Å². The highest BCUT2D eigenvalue weighted by Crippen LogP contribution is 2.25. The Kier molecular flexibility index (Phi) is 6.60. The lowest BCUT2D eigenvalue weighted by atomic mass is 9.84. The maximum atomic E-state index is 12.1. The summed E-state index contributed by atoms with van der Waals surface area (Å²) in [6.07, 6.45) is 1.88. The molecule has 0 saturated heterocycles. The van der Waals surface area contributed by atoms with E-state index in [1.165, 1.54) is 7.11 Å². The molecule has 0 aliphatic rings. The van der Waals surface area contributed by atoms with E-state index in [0.717, 1.165) is 12.8 Å². The largest absolute Gasteiger partial charge is 0.465 e. The van der Waals surface area contributed by atoms with Gasteiger partial charge in [0.15, 0.2) is 0 Å². The van der Waals surface area contributed by atoms with Gasteiger partial charge >= 0.3 is 11.9 Å². The first-order chi connectivity index (χ1) is 10.2. The van der Waals surface area contributed by atoms with Gasteiger partial charge in [0, 0.05) is 0 Å². The lowest BCUT2D eigenvalue weighted by Crippen LogP contribution is -2.16. The zero-order chi connectivity index (χ0) is 16.8. The molecule has 4 nitrogen and oxygen atoms in total. The SMILES string of the molecule is COC(=O)c1ccccc1C(=O)OCCC(C)CC(C)(C)C. The van der Waals surface area contributed by atoms with E-state index in [0.29, 0.717) is 12.5 Å². The fourth-order valence-electron chi connectivity index (χ4n) is 2.53. The molecule has 0 aliphatic heterocycles. The van der Waals surface area contributed by atoms with E-state index >= 15 is 0 Å². The van der Waals surface area contributed by atoms with E-state index in [1.54, 1.807) is 24.3 Å². The third-order valence-electron chi connectivity index (χ3n) is 3.36. The van der Waals surface area contributed by atoms with Crippen molar-refractivity contribution in [2.45, 2.75) is 40.5 Å². The summed E-state index contributed by atoms with van der Waals surface area (Å²) >= 11 is 0. The van der Waals surface area contributed by atoms with Gasteiger partial charge in [-0.3, -0.25) is 0 Å². The lowest BCUT2D eigenvalue weighted by molar-refractivity contribution is 0.0463. The van der Waals surface area contributed by atoms with E-state index in [2.05, 4.69) is 32.4 Å². The number of methoxy groups -OCH3 is 1. The maximum absolute atomic E-state index is 12.1. The molecule has 0 heterocycles. The molecule has 0 fully saturated rings. The van der Waals surface area contributed by atoms with Gasteiger partial charge in [-0.1, -0.05) is 39.8 Å². The Labute approximate surface area is 132 Å². The molecule has 0 N–H and O–H groups in total. The van der Waals surface area contributed by atoms with Gasteiger partial charge in [0.05, 0.1) is 24.8 Å². The van der Waals surface area contributed by atoms with Gasteiger partial charge in [-0.25, -0.2) is 9.59 Å². The van der Waals surface area contributed by atoms with Crippen LogP contribution in [0.25, 0.3) is 0 Å². The van der Waals surface area contributed by atoms with Crippen LogP contribution in [0.2, 0.25) is 0 Å². The summed E-state index contributed by atoms with van der Waals surface area (Å²) in [6, 6.07) is 6.53. The predicted molar refractivity (Wildman–Crippen MR) is 85.9 cm³/mol. The van der Waals surface area contributed by atoms with Crippen molar-refractivity contribution >= 4 is 11.9 Å². The van der Waals surface area contributed by atoms with Crippen molar-refractivity contribution in [2.75, 3.05) is 13.7 Å². The van der Waals surface area contributed by atoms with E-state index in [9.17, 15) is 9.59 Å². The van der Waals surface area contributed by atoms with E-state index in [1.807, 2.05) is 0 Å². The summed E-state index contributed by atoms with van der Waals surface area (Å²) in [4.78, 5) is 23.8. The molecule has 0 aliphatic carbocycles. The number of hydrogen-bond donors (Lipinski definition) is 0. The van der Waals surface area contributed by atoms with Crippen LogP contribution in [-0.4, -0.2) is 25.7 Å². The number of benzene rings is 1. The van der Waals surface area contributed by atoms with Crippen LogP contribution in [0.3, 0.4) is 0 Å². The van der Waals surface area contributed by atoms with Crippen LogP contribution < -0.4 is 0 Å². The highest BCUT2D eigenvalue weighted by Gasteiger charge is 2.19. The van der Waals surface area contributed by atoms with Gasteiger partial charge in [0.2, 0.25) is 0 Å².